The molecule has 0 amide bonds. The summed E-state index contributed by atoms with van der Waals surface area (Å²) in [6.07, 6.45) is 0. The highest BCUT2D eigenvalue weighted by Crippen LogP contribution is 2.49. The van der Waals surface area contributed by atoms with E-state index >= 15 is 0 Å². The lowest BCUT2D eigenvalue weighted by Gasteiger charge is -1.96. The third kappa shape index (κ3) is 7.99. The van der Waals surface area contributed by atoms with Crippen molar-refractivity contribution in [3.05, 3.63) is 11.4 Å². The molecular formula is C3H6NO3PS. The van der Waals surface area contributed by atoms with Crippen LogP contribution in [0.15, 0.2) is 0 Å². The predicted octanol–water partition coefficient (Wildman–Crippen LogP) is 0.732. The van der Waals surface area contributed by atoms with Gasteiger partial charge in [0.15, 0.2) is 0 Å². The zero-order valence-electron chi connectivity index (χ0n) is 4.52. The maximum atomic E-state index is 10.1. The smallest absolute Gasteiger partial charge is 0.317 e. The van der Waals surface area contributed by atoms with Crippen LogP contribution < -0.4 is 0 Å². The van der Waals surface area contributed by atoms with Crippen LogP contribution in [0.3, 0.4) is 0 Å². The lowest BCUT2D eigenvalue weighted by molar-refractivity contribution is 0.397. The van der Waals surface area contributed by atoms with Gasteiger partial charge in [-0.25, -0.2) is 11.1 Å². The van der Waals surface area contributed by atoms with Crippen molar-refractivity contribution in [1.29, 1.82) is 0 Å². The standard InChI is InChI=1S/C3H6NO3PS/c1-4-2-3-9-8(5,6)7/h2-3H2,(H2,5,6,7). The molecule has 0 atom stereocenters. The van der Waals surface area contributed by atoms with Gasteiger partial charge in [0.1, 0.15) is 0 Å². The van der Waals surface area contributed by atoms with E-state index in [1.54, 1.807) is 0 Å². The molecular weight excluding hydrogens is 161 g/mol. The first kappa shape index (κ1) is 8.99. The van der Waals surface area contributed by atoms with E-state index in [1.165, 1.54) is 0 Å². The molecule has 0 aromatic rings. The molecule has 0 spiro atoms. The molecule has 0 aliphatic carbocycles. The molecule has 0 bridgehead atoms. The number of hydrogen-bond donors (Lipinski definition) is 2. The van der Waals surface area contributed by atoms with Gasteiger partial charge in [-0.15, -0.1) is 0 Å². The van der Waals surface area contributed by atoms with Crippen LogP contribution in [-0.2, 0) is 4.57 Å². The van der Waals surface area contributed by atoms with Crippen LogP contribution in [0.25, 0.3) is 4.85 Å². The lowest BCUT2D eigenvalue weighted by atomic mass is 10.8. The first-order valence-corrected chi connectivity index (χ1v) is 5.30. The Bertz CT molecular complexity index is 159. The molecule has 0 aromatic heterocycles. The van der Waals surface area contributed by atoms with Crippen molar-refractivity contribution >= 4 is 18.2 Å². The normalized spacial score (nSPS) is 10.8. The number of rotatable bonds is 3. The van der Waals surface area contributed by atoms with E-state index in [2.05, 4.69) is 4.85 Å². The molecule has 0 rings (SSSR count). The van der Waals surface area contributed by atoms with E-state index < -0.39 is 6.80 Å². The van der Waals surface area contributed by atoms with Crippen molar-refractivity contribution in [1.82, 2.24) is 0 Å². The minimum absolute atomic E-state index is 0.162. The monoisotopic (exact) mass is 167 g/mol. The molecule has 0 aliphatic rings. The zero-order valence-corrected chi connectivity index (χ0v) is 6.23. The van der Waals surface area contributed by atoms with Crippen molar-refractivity contribution in [2.24, 2.45) is 0 Å². The van der Waals surface area contributed by atoms with Crippen molar-refractivity contribution in [2.45, 2.75) is 0 Å². The lowest BCUT2D eigenvalue weighted by Crippen LogP contribution is -1.80. The molecule has 0 saturated carbocycles. The van der Waals surface area contributed by atoms with Crippen LogP contribution in [0.4, 0.5) is 0 Å². The first-order valence-electron chi connectivity index (χ1n) is 2.09. The summed E-state index contributed by atoms with van der Waals surface area (Å²) in [5, 5.41) is 0. The zero-order chi connectivity index (χ0) is 7.33. The number of hydrogen-bond acceptors (Lipinski definition) is 2. The van der Waals surface area contributed by atoms with Crippen molar-refractivity contribution < 1.29 is 14.4 Å². The molecule has 0 unspecified atom stereocenters. The van der Waals surface area contributed by atoms with E-state index in [9.17, 15) is 4.57 Å². The Labute approximate surface area is 57.0 Å². The molecule has 0 aromatic carbocycles. The predicted molar refractivity (Wildman–Crippen MR) is 36.0 cm³/mol. The third-order valence-electron chi connectivity index (χ3n) is 0.463. The molecule has 6 heteroatoms. The van der Waals surface area contributed by atoms with E-state index in [-0.39, 0.29) is 12.3 Å². The Morgan fingerprint density at radius 2 is 2.22 bits per heavy atom. The van der Waals surface area contributed by atoms with E-state index in [4.69, 9.17) is 16.4 Å². The van der Waals surface area contributed by atoms with Crippen LogP contribution in [0, 0.1) is 6.57 Å². The summed E-state index contributed by atoms with van der Waals surface area (Å²) in [5.41, 5.74) is 0. The summed E-state index contributed by atoms with van der Waals surface area (Å²) in [5.74, 6) is 0.202. The van der Waals surface area contributed by atoms with Crippen LogP contribution >= 0.6 is 18.2 Å². The molecule has 0 radical (unpaired) electrons. The molecule has 0 heterocycles. The fourth-order valence-corrected chi connectivity index (χ4v) is 1.57. The van der Waals surface area contributed by atoms with Crippen molar-refractivity contribution in [3.63, 3.8) is 0 Å². The Balaban J connectivity index is 3.32. The Morgan fingerprint density at radius 1 is 1.67 bits per heavy atom. The summed E-state index contributed by atoms with van der Waals surface area (Å²) in [4.78, 5) is 19.4. The van der Waals surface area contributed by atoms with Gasteiger partial charge in [0, 0.05) is 0 Å². The second-order valence-corrected chi connectivity index (χ2v) is 5.05. The summed E-state index contributed by atoms with van der Waals surface area (Å²) < 4.78 is 10.1. The van der Waals surface area contributed by atoms with Gasteiger partial charge >= 0.3 is 6.80 Å². The van der Waals surface area contributed by atoms with Gasteiger partial charge in [-0.05, 0) is 11.4 Å². The summed E-state index contributed by atoms with van der Waals surface area (Å²) in [6.45, 7) is 2.51. The highest BCUT2D eigenvalue weighted by Gasteiger charge is 2.12. The van der Waals surface area contributed by atoms with Gasteiger partial charge in [0.2, 0.25) is 6.54 Å². The van der Waals surface area contributed by atoms with Crippen LogP contribution in [0.5, 0.6) is 0 Å². The maximum Gasteiger partial charge on any atom is 0.384 e. The van der Waals surface area contributed by atoms with Crippen LogP contribution in [-0.4, -0.2) is 22.1 Å². The summed E-state index contributed by atoms with van der Waals surface area (Å²) in [6, 6.07) is 0. The summed E-state index contributed by atoms with van der Waals surface area (Å²) >= 11 is 0.511. The van der Waals surface area contributed by atoms with Crippen LogP contribution in [0.1, 0.15) is 0 Å². The topological polar surface area (TPSA) is 61.9 Å². The molecule has 52 valence electrons. The fraction of sp³-hybridized carbons (Fsp3) is 0.667. The molecule has 0 fully saturated rings. The van der Waals surface area contributed by atoms with Gasteiger partial charge in [0.05, 0.1) is 5.75 Å². The molecule has 0 saturated heterocycles. The SMILES string of the molecule is [C-]#[N+]CCSP(=O)(O)O. The van der Waals surface area contributed by atoms with Gasteiger partial charge in [-0.2, -0.15) is 0 Å². The van der Waals surface area contributed by atoms with E-state index in [1.807, 2.05) is 0 Å². The summed E-state index contributed by atoms with van der Waals surface area (Å²) in [7, 11) is 0. The van der Waals surface area contributed by atoms with E-state index in [0.717, 1.165) is 0 Å². The Morgan fingerprint density at radius 3 is 2.56 bits per heavy atom. The van der Waals surface area contributed by atoms with Crippen LogP contribution in [0.2, 0.25) is 0 Å². The maximum absolute atomic E-state index is 10.1. The minimum atomic E-state index is -3.92. The highest BCUT2D eigenvalue weighted by molar-refractivity contribution is 8.54. The average Bonchev–Trinajstić information content (AvgIpc) is 1.63. The average molecular weight is 167 g/mol. The Hall–Kier alpha value is -0.0100. The van der Waals surface area contributed by atoms with Gasteiger partial charge in [-0.1, -0.05) is 0 Å². The third-order valence-corrected chi connectivity index (χ3v) is 2.72. The van der Waals surface area contributed by atoms with Crippen molar-refractivity contribution in [3.8, 4) is 0 Å². The van der Waals surface area contributed by atoms with Gasteiger partial charge in [0.25, 0.3) is 0 Å². The second kappa shape index (κ2) is 3.91. The van der Waals surface area contributed by atoms with Gasteiger partial charge < -0.3 is 14.6 Å². The molecule has 9 heavy (non-hydrogen) atoms. The van der Waals surface area contributed by atoms with Gasteiger partial charge in [-0.3, -0.25) is 0 Å². The largest absolute Gasteiger partial charge is 0.384 e. The molecule has 4 nitrogen and oxygen atoms in total. The fourth-order valence-electron chi connectivity index (χ4n) is 0.205. The van der Waals surface area contributed by atoms with E-state index in [0.29, 0.717) is 11.4 Å². The molecule has 2 N–H and O–H groups in total. The first-order chi connectivity index (χ1) is 4.06. The quantitative estimate of drug-likeness (QED) is 0.369. The number of nitrogens with zero attached hydrogens (tertiary/aromatic N) is 1. The minimum Gasteiger partial charge on any atom is -0.317 e. The second-order valence-electron chi connectivity index (χ2n) is 1.21. The Kier molecular flexibility index (Phi) is 3.91. The molecule has 0 aliphatic heterocycles. The van der Waals surface area contributed by atoms with Crippen molar-refractivity contribution in [2.75, 3.05) is 12.3 Å². The highest BCUT2D eigenvalue weighted by atomic mass is 32.7.